The van der Waals surface area contributed by atoms with Gasteiger partial charge in [0, 0.05) is 11.1 Å². The molecule has 0 saturated heterocycles. The van der Waals surface area contributed by atoms with E-state index in [0.717, 1.165) is 11.1 Å². The smallest absolute Gasteiger partial charge is 0.184 e. The molecule has 0 saturated carbocycles. The number of nitriles is 1. The molecule has 0 aliphatic rings. The van der Waals surface area contributed by atoms with E-state index in [1.165, 1.54) is 7.11 Å². The lowest BCUT2D eigenvalue weighted by molar-refractivity contribution is 0.0977. The van der Waals surface area contributed by atoms with Crippen LogP contribution in [0.25, 0.3) is 0 Å². The summed E-state index contributed by atoms with van der Waals surface area (Å²) in [4.78, 5) is 12.7. The van der Waals surface area contributed by atoms with E-state index in [1.54, 1.807) is 18.2 Å². The summed E-state index contributed by atoms with van der Waals surface area (Å²) in [7, 11) is 1.54. The lowest BCUT2D eigenvalue weighted by Crippen LogP contribution is -2.13. The first-order valence-electron chi connectivity index (χ1n) is 6.72. The second kappa shape index (κ2) is 6.23. The second-order valence-electron chi connectivity index (χ2n) is 4.99. The SMILES string of the molecule is COc1ccccc1C(C#N)C(=O)c1cc(C)ccc1C. The topological polar surface area (TPSA) is 50.1 Å². The van der Waals surface area contributed by atoms with Crippen molar-refractivity contribution in [3.8, 4) is 11.8 Å². The predicted octanol–water partition coefficient (Wildman–Crippen LogP) is 3.80. The summed E-state index contributed by atoms with van der Waals surface area (Å²) >= 11 is 0. The summed E-state index contributed by atoms with van der Waals surface area (Å²) in [5, 5.41) is 9.46. The van der Waals surface area contributed by atoms with Crippen molar-refractivity contribution in [3.63, 3.8) is 0 Å². The molecule has 106 valence electrons. The van der Waals surface area contributed by atoms with Gasteiger partial charge in [0.05, 0.1) is 13.2 Å². The fraction of sp³-hybridized carbons (Fsp3) is 0.222. The van der Waals surface area contributed by atoms with Crippen molar-refractivity contribution in [3.05, 3.63) is 64.7 Å². The van der Waals surface area contributed by atoms with Gasteiger partial charge in [-0.25, -0.2) is 0 Å². The molecule has 0 spiro atoms. The number of rotatable bonds is 4. The standard InChI is InChI=1S/C18H17NO2/c1-12-8-9-13(2)15(10-12)18(20)16(11-19)14-6-4-5-7-17(14)21-3/h4-10,16H,1-3H3. The van der Waals surface area contributed by atoms with E-state index in [2.05, 4.69) is 6.07 Å². The molecule has 0 amide bonds. The van der Waals surface area contributed by atoms with Gasteiger partial charge in [0.1, 0.15) is 11.7 Å². The summed E-state index contributed by atoms with van der Waals surface area (Å²) in [6.45, 7) is 3.81. The number of ketones is 1. The van der Waals surface area contributed by atoms with E-state index >= 15 is 0 Å². The molecule has 2 aromatic carbocycles. The molecule has 21 heavy (non-hydrogen) atoms. The third-order valence-electron chi connectivity index (χ3n) is 3.50. The van der Waals surface area contributed by atoms with Crippen LogP contribution in [0.15, 0.2) is 42.5 Å². The predicted molar refractivity (Wildman–Crippen MR) is 81.6 cm³/mol. The lowest BCUT2D eigenvalue weighted by atomic mass is 9.89. The molecule has 0 N–H and O–H groups in total. The van der Waals surface area contributed by atoms with E-state index in [-0.39, 0.29) is 5.78 Å². The molecule has 1 atom stereocenters. The molecule has 2 aromatic rings. The van der Waals surface area contributed by atoms with Crippen LogP contribution in [-0.4, -0.2) is 12.9 Å². The molecule has 1 unspecified atom stereocenters. The Labute approximate surface area is 124 Å². The molecule has 3 nitrogen and oxygen atoms in total. The minimum absolute atomic E-state index is 0.191. The number of aryl methyl sites for hydroxylation is 2. The van der Waals surface area contributed by atoms with Gasteiger partial charge in [-0.05, 0) is 31.5 Å². The van der Waals surface area contributed by atoms with E-state index in [1.807, 2.05) is 38.1 Å². The Morgan fingerprint density at radius 3 is 2.57 bits per heavy atom. The number of benzene rings is 2. The van der Waals surface area contributed by atoms with Crippen LogP contribution >= 0.6 is 0 Å². The molecule has 0 heterocycles. The van der Waals surface area contributed by atoms with Crippen LogP contribution in [0.3, 0.4) is 0 Å². The van der Waals surface area contributed by atoms with Crippen LogP contribution < -0.4 is 4.74 Å². The quantitative estimate of drug-likeness (QED) is 0.800. The molecule has 3 heteroatoms. The van der Waals surface area contributed by atoms with Gasteiger partial charge in [-0.1, -0.05) is 35.9 Å². The van der Waals surface area contributed by atoms with Gasteiger partial charge in [0.2, 0.25) is 0 Å². The van der Waals surface area contributed by atoms with Crippen molar-refractivity contribution < 1.29 is 9.53 Å². The Hall–Kier alpha value is -2.60. The Balaban J connectivity index is 2.49. The Morgan fingerprint density at radius 1 is 1.19 bits per heavy atom. The van der Waals surface area contributed by atoms with Gasteiger partial charge in [-0.2, -0.15) is 5.26 Å². The molecule has 0 aromatic heterocycles. The Bertz CT molecular complexity index is 713. The van der Waals surface area contributed by atoms with E-state index in [9.17, 15) is 10.1 Å². The second-order valence-corrected chi connectivity index (χ2v) is 4.99. The van der Waals surface area contributed by atoms with Crippen molar-refractivity contribution in [1.82, 2.24) is 0 Å². The van der Waals surface area contributed by atoms with Gasteiger partial charge in [0.15, 0.2) is 5.78 Å². The molecule has 0 aliphatic carbocycles. The average Bonchev–Trinajstić information content (AvgIpc) is 2.50. The van der Waals surface area contributed by atoms with Crippen molar-refractivity contribution in [1.29, 1.82) is 5.26 Å². The zero-order valence-corrected chi connectivity index (χ0v) is 12.4. The highest BCUT2D eigenvalue weighted by atomic mass is 16.5. The minimum Gasteiger partial charge on any atom is -0.496 e. The van der Waals surface area contributed by atoms with Crippen LogP contribution in [0.1, 0.15) is 33.0 Å². The summed E-state index contributed by atoms with van der Waals surface area (Å²) in [5.74, 6) is -0.493. The third-order valence-corrected chi connectivity index (χ3v) is 3.50. The highest BCUT2D eigenvalue weighted by Gasteiger charge is 2.25. The van der Waals surface area contributed by atoms with Crippen LogP contribution in [0, 0.1) is 25.2 Å². The number of carbonyl (C=O) groups is 1. The van der Waals surface area contributed by atoms with E-state index < -0.39 is 5.92 Å². The Morgan fingerprint density at radius 2 is 1.90 bits per heavy atom. The first kappa shape index (κ1) is 14.8. The van der Waals surface area contributed by atoms with Gasteiger partial charge >= 0.3 is 0 Å². The van der Waals surface area contributed by atoms with Crippen molar-refractivity contribution in [2.45, 2.75) is 19.8 Å². The van der Waals surface area contributed by atoms with Crippen molar-refractivity contribution in [2.24, 2.45) is 0 Å². The number of hydrogen-bond acceptors (Lipinski definition) is 3. The van der Waals surface area contributed by atoms with Crippen molar-refractivity contribution in [2.75, 3.05) is 7.11 Å². The van der Waals surface area contributed by atoms with Gasteiger partial charge in [0.25, 0.3) is 0 Å². The first-order valence-corrected chi connectivity index (χ1v) is 6.72. The third kappa shape index (κ3) is 2.95. The molecule has 0 radical (unpaired) electrons. The zero-order chi connectivity index (χ0) is 15.4. The van der Waals surface area contributed by atoms with Gasteiger partial charge in [-0.3, -0.25) is 4.79 Å². The molecule has 0 fully saturated rings. The normalized spacial score (nSPS) is 11.5. The number of hydrogen-bond donors (Lipinski definition) is 0. The lowest BCUT2D eigenvalue weighted by Gasteiger charge is -2.14. The van der Waals surface area contributed by atoms with E-state index in [4.69, 9.17) is 4.74 Å². The molecule has 0 aliphatic heterocycles. The maximum absolute atomic E-state index is 12.7. The monoisotopic (exact) mass is 279 g/mol. The minimum atomic E-state index is -0.860. The number of methoxy groups -OCH3 is 1. The summed E-state index contributed by atoms with van der Waals surface area (Å²) in [5.41, 5.74) is 3.07. The number of nitrogens with zero attached hydrogens (tertiary/aromatic N) is 1. The number of para-hydroxylation sites is 1. The summed E-state index contributed by atoms with van der Waals surface area (Å²) in [6.07, 6.45) is 0. The molecule has 0 bridgehead atoms. The largest absolute Gasteiger partial charge is 0.496 e. The highest BCUT2D eigenvalue weighted by molar-refractivity contribution is 6.04. The van der Waals surface area contributed by atoms with Crippen LogP contribution in [-0.2, 0) is 0 Å². The maximum Gasteiger partial charge on any atom is 0.184 e. The summed E-state index contributed by atoms with van der Waals surface area (Å²) in [6, 6.07) is 14.9. The van der Waals surface area contributed by atoms with Crippen LogP contribution in [0.4, 0.5) is 0 Å². The average molecular weight is 279 g/mol. The molecular weight excluding hydrogens is 262 g/mol. The van der Waals surface area contributed by atoms with Gasteiger partial charge in [-0.15, -0.1) is 0 Å². The number of carbonyl (C=O) groups excluding carboxylic acids is 1. The number of ether oxygens (including phenoxy) is 1. The zero-order valence-electron chi connectivity index (χ0n) is 12.4. The fourth-order valence-electron chi connectivity index (χ4n) is 2.33. The number of Topliss-reactive ketones (excluding diaryl/α,β-unsaturated/α-hetero) is 1. The Kier molecular flexibility index (Phi) is 4.39. The first-order chi connectivity index (χ1) is 10.1. The fourth-order valence-corrected chi connectivity index (χ4v) is 2.33. The van der Waals surface area contributed by atoms with Crippen LogP contribution in [0.5, 0.6) is 5.75 Å². The van der Waals surface area contributed by atoms with E-state index in [0.29, 0.717) is 16.9 Å². The van der Waals surface area contributed by atoms with Crippen molar-refractivity contribution >= 4 is 5.78 Å². The maximum atomic E-state index is 12.7. The van der Waals surface area contributed by atoms with Gasteiger partial charge < -0.3 is 4.74 Å². The van der Waals surface area contributed by atoms with Crippen LogP contribution in [0.2, 0.25) is 0 Å². The summed E-state index contributed by atoms with van der Waals surface area (Å²) < 4.78 is 5.26. The molecule has 2 rings (SSSR count). The molecular formula is C18H17NO2. The highest BCUT2D eigenvalue weighted by Crippen LogP contribution is 2.29.